The zero-order chi connectivity index (χ0) is 13.0. The highest BCUT2D eigenvalue weighted by Gasteiger charge is 2.11. The molecule has 0 aliphatic rings. The molecule has 1 aromatic carbocycles. The minimum Gasteiger partial charge on any atom is -0.306 e. The van der Waals surface area contributed by atoms with E-state index in [1.807, 2.05) is 0 Å². The van der Waals surface area contributed by atoms with Gasteiger partial charge in [0.2, 0.25) is 0 Å². The molecule has 0 bridgehead atoms. The van der Waals surface area contributed by atoms with Gasteiger partial charge in [0, 0.05) is 41.3 Å². The van der Waals surface area contributed by atoms with E-state index in [1.165, 1.54) is 11.6 Å². The first-order valence-electron chi connectivity index (χ1n) is 5.23. The summed E-state index contributed by atoms with van der Waals surface area (Å²) in [6, 6.07) is 6.89. The van der Waals surface area contributed by atoms with E-state index < -0.39 is 0 Å². The Kier molecular flexibility index (Phi) is 5.78. The summed E-state index contributed by atoms with van der Waals surface area (Å²) >= 11 is 7.40. The number of nitrogens with zero attached hydrogens (tertiary/aromatic N) is 1. The van der Waals surface area contributed by atoms with Crippen molar-refractivity contribution in [2.45, 2.75) is 6.42 Å². The minimum atomic E-state index is -0.209. The number of anilines is 1. The molecule has 0 saturated carbocycles. The summed E-state index contributed by atoms with van der Waals surface area (Å²) in [7, 11) is 1.58. The molecule has 0 aliphatic heterocycles. The van der Waals surface area contributed by atoms with Crippen LogP contribution in [0.4, 0.5) is 10.1 Å². The normalized spacial score (nSPS) is 10.6. The highest BCUT2D eigenvalue weighted by Crippen LogP contribution is 2.34. The molecule has 2 aromatic rings. The first-order valence-corrected chi connectivity index (χ1v) is 10.3. The molecule has 1 heterocycles. The van der Waals surface area contributed by atoms with E-state index in [2.05, 4.69) is 58.3 Å². The molecule has 0 atom stereocenters. The highest BCUT2D eigenvalue weighted by molar-refractivity contribution is 14.2. The number of hydrogen-bond acceptors (Lipinski definition) is 3. The van der Waals surface area contributed by atoms with Crippen molar-refractivity contribution < 1.29 is 4.39 Å². The second kappa shape index (κ2) is 7.12. The van der Waals surface area contributed by atoms with Gasteiger partial charge in [-0.25, -0.2) is 4.39 Å². The lowest BCUT2D eigenvalue weighted by Gasteiger charge is -2.21. The molecule has 0 fully saturated rings. The Labute approximate surface area is 135 Å². The van der Waals surface area contributed by atoms with Gasteiger partial charge in [0.25, 0.3) is 0 Å². The summed E-state index contributed by atoms with van der Waals surface area (Å²) in [6.45, 7) is 0.854. The number of rotatable bonds is 5. The van der Waals surface area contributed by atoms with Crippen LogP contribution in [0.1, 0.15) is 5.56 Å². The first kappa shape index (κ1) is 14.6. The number of hydrogen-bond donors (Lipinski definition) is 0. The van der Waals surface area contributed by atoms with Crippen molar-refractivity contribution in [1.29, 1.82) is 0 Å². The molecule has 0 N–H and O–H groups in total. The zero-order valence-corrected chi connectivity index (χ0v) is 14.7. The molecule has 0 radical (unpaired) electrons. The summed E-state index contributed by atoms with van der Waals surface area (Å²) in [5.74, 6) is -0.209. The molecule has 1 aromatic heterocycles. The molecular weight excluding hydrogens is 448 g/mol. The fourth-order valence-electron chi connectivity index (χ4n) is 1.53. The van der Waals surface area contributed by atoms with Crippen molar-refractivity contribution in [3.05, 3.63) is 50.9 Å². The van der Waals surface area contributed by atoms with Gasteiger partial charge in [-0.15, -0.1) is 0 Å². The lowest BCUT2D eigenvalue weighted by atomic mass is 10.2. The van der Waals surface area contributed by atoms with E-state index in [0.29, 0.717) is 0 Å². The van der Waals surface area contributed by atoms with E-state index in [0.717, 1.165) is 23.1 Å². The second-order valence-corrected chi connectivity index (χ2v) is 7.04. The third kappa shape index (κ3) is 3.85. The smallest absolute Gasteiger partial charge is 0.125 e. The van der Waals surface area contributed by atoms with Crippen LogP contribution in [-0.4, -0.2) is 6.54 Å². The van der Waals surface area contributed by atoms with Crippen molar-refractivity contribution in [2.75, 3.05) is 10.8 Å². The highest BCUT2D eigenvalue weighted by atomic mass is 127. The van der Waals surface area contributed by atoms with E-state index in [-0.39, 0.29) is 5.82 Å². The van der Waals surface area contributed by atoms with Crippen LogP contribution in [0.15, 0.2) is 39.5 Å². The molecule has 96 valence electrons. The third-order valence-electron chi connectivity index (χ3n) is 2.44. The van der Waals surface area contributed by atoms with Crippen molar-refractivity contribution in [3.8, 4) is 0 Å². The van der Waals surface area contributed by atoms with Gasteiger partial charge in [-0.3, -0.25) is 0 Å². The molecule has 0 saturated heterocycles. The van der Waals surface area contributed by atoms with Crippen LogP contribution >= 0.6 is 57.6 Å². The van der Waals surface area contributed by atoms with Gasteiger partial charge >= 0.3 is 0 Å². The summed E-state index contributed by atoms with van der Waals surface area (Å²) in [5, 5.41) is 4.23. The van der Waals surface area contributed by atoms with Crippen LogP contribution in [0.3, 0.4) is 0 Å². The lowest BCUT2D eigenvalue weighted by Crippen LogP contribution is -2.16. The Morgan fingerprint density at radius 2 is 2.22 bits per heavy atom. The molecule has 0 unspecified atom stereocenters. The van der Waals surface area contributed by atoms with E-state index in [1.54, 1.807) is 32.6 Å². The largest absolute Gasteiger partial charge is 0.306 e. The average Bonchev–Trinajstić information content (AvgIpc) is 2.87. The summed E-state index contributed by atoms with van der Waals surface area (Å²) in [5.41, 5.74) is 2.20. The number of halogens is 3. The predicted molar refractivity (Wildman–Crippen MR) is 91.1 cm³/mol. The quantitative estimate of drug-likeness (QED) is 0.418. The standard InChI is InChI=1S/C12H10BrFINS2/c13-11-2-1-10(14)7-12(11)16(18-15)5-3-9-4-6-17-8-9/h1-2,4,6-8H,3,5H2. The van der Waals surface area contributed by atoms with Gasteiger partial charge in [-0.1, -0.05) is 0 Å². The Morgan fingerprint density at radius 1 is 1.39 bits per heavy atom. The van der Waals surface area contributed by atoms with E-state index in [9.17, 15) is 4.39 Å². The second-order valence-electron chi connectivity index (χ2n) is 3.65. The SMILES string of the molecule is Fc1ccc(Br)c(N(CCc2ccsc2)SI)c1. The van der Waals surface area contributed by atoms with Gasteiger partial charge in [-0.2, -0.15) is 11.3 Å². The van der Waals surface area contributed by atoms with Crippen LogP contribution < -0.4 is 4.31 Å². The van der Waals surface area contributed by atoms with Crippen LogP contribution in [-0.2, 0) is 6.42 Å². The summed E-state index contributed by atoms with van der Waals surface area (Å²) in [6.07, 6.45) is 0.961. The Bertz CT molecular complexity index is 507. The first-order chi connectivity index (χ1) is 8.70. The molecule has 1 nitrogen and oxygen atoms in total. The Hall–Kier alpha value is 0.210. The lowest BCUT2D eigenvalue weighted by molar-refractivity contribution is 0.627. The minimum absolute atomic E-state index is 0.209. The van der Waals surface area contributed by atoms with Crippen LogP contribution in [0.2, 0.25) is 0 Å². The zero-order valence-electron chi connectivity index (χ0n) is 9.28. The maximum absolute atomic E-state index is 13.3. The number of thiophene rings is 1. The van der Waals surface area contributed by atoms with Gasteiger partial charge in [0.05, 0.1) is 5.69 Å². The van der Waals surface area contributed by atoms with Crippen LogP contribution in [0.25, 0.3) is 0 Å². The molecule has 6 heteroatoms. The fraction of sp³-hybridized carbons (Fsp3) is 0.167. The van der Waals surface area contributed by atoms with E-state index in [4.69, 9.17) is 0 Å². The monoisotopic (exact) mass is 457 g/mol. The number of benzene rings is 1. The molecule has 0 amide bonds. The van der Waals surface area contributed by atoms with Gasteiger partial charge in [0.1, 0.15) is 5.82 Å². The molecular formula is C12H10BrFINS2. The maximum atomic E-state index is 13.3. The van der Waals surface area contributed by atoms with Crippen molar-refractivity contribution in [2.24, 2.45) is 0 Å². The molecule has 18 heavy (non-hydrogen) atoms. The topological polar surface area (TPSA) is 3.24 Å². The van der Waals surface area contributed by atoms with Crippen LogP contribution in [0.5, 0.6) is 0 Å². The Morgan fingerprint density at radius 3 is 2.89 bits per heavy atom. The fourth-order valence-corrected chi connectivity index (χ4v) is 4.43. The Balaban J connectivity index is 2.10. The van der Waals surface area contributed by atoms with Gasteiger partial charge in [0.15, 0.2) is 0 Å². The van der Waals surface area contributed by atoms with Gasteiger partial charge in [-0.05, 0) is 62.9 Å². The molecule has 0 spiro atoms. The van der Waals surface area contributed by atoms with E-state index >= 15 is 0 Å². The van der Waals surface area contributed by atoms with Crippen molar-refractivity contribution in [1.82, 2.24) is 0 Å². The average molecular weight is 458 g/mol. The molecule has 2 rings (SSSR count). The summed E-state index contributed by atoms with van der Waals surface area (Å²) in [4.78, 5) is 0. The predicted octanol–water partition coefficient (Wildman–Crippen LogP) is 5.70. The summed E-state index contributed by atoms with van der Waals surface area (Å²) < 4.78 is 16.3. The molecule has 0 aliphatic carbocycles. The maximum Gasteiger partial charge on any atom is 0.125 e. The van der Waals surface area contributed by atoms with Crippen LogP contribution in [0, 0.1) is 5.82 Å². The third-order valence-corrected chi connectivity index (χ3v) is 5.82. The van der Waals surface area contributed by atoms with Gasteiger partial charge < -0.3 is 4.31 Å². The van der Waals surface area contributed by atoms with Crippen molar-refractivity contribution >= 4 is 63.3 Å². The van der Waals surface area contributed by atoms with Crippen molar-refractivity contribution in [3.63, 3.8) is 0 Å².